The molecule has 1 N–H and O–H groups in total. The summed E-state index contributed by atoms with van der Waals surface area (Å²) < 4.78 is 31.7. The maximum absolute atomic E-state index is 12.6. The largest absolute Gasteiger partial charge is 0.370 e. The molecule has 1 aromatic rings. The predicted octanol–water partition coefficient (Wildman–Crippen LogP) is 2.33. The molecule has 0 aliphatic heterocycles. The van der Waals surface area contributed by atoms with Crippen LogP contribution in [0.15, 0.2) is 12.4 Å². The van der Waals surface area contributed by atoms with Gasteiger partial charge in [0.1, 0.15) is 12.4 Å². The number of hydrogen-bond acceptors (Lipinski definition) is 3. The standard InChI is InChI=1S/C12H19F2N3O/c1-15-9-2-4-10(5-3-9)18-8-11-16-6-7-17(11)12(13)14/h6-7,9-10,12,15H,2-5,8H2,1H3. The zero-order chi connectivity index (χ0) is 13.0. The average Bonchev–Trinajstić information content (AvgIpc) is 2.85. The quantitative estimate of drug-likeness (QED) is 0.882. The number of aromatic nitrogens is 2. The van der Waals surface area contributed by atoms with Crippen molar-refractivity contribution in [1.82, 2.24) is 14.9 Å². The van der Waals surface area contributed by atoms with Gasteiger partial charge < -0.3 is 10.1 Å². The first kappa shape index (κ1) is 13.4. The van der Waals surface area contributed by atoms with E-state index < -0.39 is 6.55 Å². The second-order valence-electron chi connectivity index (χ2n) is 4.60. The molecule has 1 heterocycles. The zero-order valence-electron chi connectivity index (χ0n) is 10.5. The summed E-state index contributed by atoms with van der Waals surface area (Å²) in [5, 5.41) is 3.25. The Labute approximate surface area is 105 Å². The number of rotatable bonds is 5. The van der Waals surface area contributed by atoms with Crippen LogP contribution in [0.2, 0.25) is 0 Å². The summed E-state index contributed by atoms with van der Waals surface area (Å²) in [4.78, 5) is 3.90. The second kappa shape index (κ2) is 6.24. The van der Waals surface area contributed by atoms with Gasteiger partial charge in [0.25, 0.3) is 0 Å². The van der Waals surface area contributed by atoms with Gasteiger partial charge in [0.05, 0.1) is 6.10 Å². The fourth-order valence-corrected chi connectivity index (χ4v) is 2.34. The van der Waals surface area contributed by atoms with Gasteiger partial charge in [-0.25, -0.2) is 4.98 Å². The SMILES string of the molecule is CNC1CCC(OCc2nccn2C(F)F)CC1. The summed E-state index contributed by atoms with van der Waals surface area (Å²) in [6.45, 7) is -2.39. The van der Waals surface area contributed by atoms with Crippen molar-refractivity contribution in [1.29, 1.82) is 0 Å². The van der Waals surface area contributed by atoms with Crippen molar-refractivity contribution in [3.8, 4) is 0 Å². The van der Waals surface area contributed by atoms with Gasteiger partial charge in [-0.3, -0.25) is 4.57 Å². The second-order valence-corrected chi connectivity index (χ2v) is 4.60. The Bertz CT molecular complexity index is 362. The highest BCUT2D eigenvalue weighted by molar-refractivity contribution is 4.91. The minimum atomic E-state index is -2.55. The summed E-state index contributed by atoms with van der Waals surface area (Å²) in [6, 6.07) is 0.563. The Balaban J connectivity index is 1.80. The Hall–Kier alpha value is -1.01. The van der Waals surface area contributed by atoms with Crippen LogP contribution in [0.5, 0.6) is 0 Å². The van der Waals surface area contributed by atoms with Gasteiger partial charge in [-0.15, -0.1) is 0 Å². The van der Waals surface area contributed by atoms with Gasteiger partial charge in [0.2, 0.25) is 0 Å². The topological polar surface area (TPSA) is 39.1 Å². The minimum Gasteiger partial charge on any atom is -0.370 e. The maximum Gasteiger partial charge on any atom is 0.320 e. The molecule has 18 heavy (non-hydrogen) atoms. The molecule has 2 rings (SSSR count). The first-order chi connectivity index (χ1) is 8.70. The van der Waals surface area contributed by atoms with Crippen molar-refractivity contribution in [2.45, 2.75) is 51.0 Å². The first-order valence-electron chi connectivity index (χ1n) is 6.29. The van der Waals surface area contributed by atoms with Crippen molar-refractivity contribution in [2.75, 3.05) is 7.05 Å². The predicted molar refractivity (Wildman–Crippen MR) is 63.4 cm³/mol. The van der Waals surface area contributed by atoms with E-state index in [1.807, 2.05) is 7.05 Å². The number of alkyl halides is 2. The molecule has 1 fully saturated rings. The smallest absolute Gasteiger partial charge is 0.320 e. The van der Waals surface area contributed by atoms with E-state index in [0.29, 0.717) is 11.9 Å². The van der Waals surface area contributed by atoms with Gasteiger partial charge in [-0.1, -0.05) is 0 Å². The van der Waals surface area contributed by atoms with E-state index in [0.717, 1.165) is 30.3 Å². The highest BCUT2D eigenvalue weighted by atomic mass is 19.3. The first-order valence-corrected chi connectivity index (χ1v) is 6.29. The molecule has 1 saturated carbocycles. The highest BCUT2D eigenvalue weighted by Gasteiger charge is 2.21. The van der Waals surface area contributed by atoms with E-state index in [1.54, 1.807) is 0 Å². The lowest BCUT2D eigenvalue weighted by Gasteiger charge is -2.28. The lowest BCUT2D eigenvalue weighted by atomic mass is 9.93. The van der Waals surface area contributed by atoms with Crippen LogP contribution in [0.1, 0.15) is 38.1 Å². The van der Waals surface area contributed by atoms with E-state index in [9.17, 15) is 8.78 Å². The molecule has 0 unspecified atom stereocenters. The summed E-state index contributed by atoms with van der Waals surface area (Å²) in [5.74, 6) is 0.292. The molecule has 1 aliphatic rings. The number of hydrogen-bond donors (Lipinski definition) is 1. The van der Waals surface area contributed by atoms with E-state index in [1.165, 1.54) is 12.4 Å². The molecular weight excluding hydrogens is 240 g/mol. The van der Waals surface area contributed by atoms with Crippen molar-refractivity contribution < 1.29 is 13.5 Å². The van der Waals surface area contributed by atoms with Crippen LogP contribution in [0.25, 0.3) is 0 Å². The van der Waals surface area contributed by atoms with Crippen LogP contribution >= 0.6 is 0 Å². The molecule has 1 aliphatic carbocycles. The summed E-state index contributed by atoms with van der Waals surface area (Å²) in [6.07, 6.45) is 6.91. The van der Waals surface area contributed by atoms with Crippen LogP contribution < -0.4 is 5.32 Å². The lowest BCUT2D eigenvalue weighted by Crippen LogP contribution is -2.33. The third-order valence-electron chi connectivity index (χ3n) is 3.49. The third kappa shape index (κ3) is 3.26. The molecular formula is C12H19F2N3O. The Morgan fingerprint density at radius 2 is 2.17 bits per heavy atom. The summed E-state index contributed by atoms with van der Waals surface area (Å²) in [7, 11) is 1.96. The minimum absolute atomic E-state index is 0.159. The van der Waals surface area contributed by atoms with Crippen molar-refractivity contribution >= 4 is 0 Å². The Morgan fingerprint density at radius 3 is 2.78 bits per heavy atom. The van der Waals surface area contributed by atoms with Crippen molar-refractivity contribution in [2.24, 2.45) is 0 Å². The molecule has 102 valence electrons. The fraction of sp³-hybridized carbons (Fsp3) is 0.750. The molecule has 0 aromatic carbocycles. The molecule has 4 nitrogen and oxygen atoms in total. The normalized spacial score (nSPS) is 24.7. The van der Waals surface area contributed by atoms with E-state index in [4.69, 9.17) is 4.74 Å². The fourth-order valence-electron chi connectivity index (χ4n) is 2.34. The zero-order valence-corrected chi connectivity index (χ0v) is 10.5. The molecule has 0 amide bonds. The van der Waals surface area contributed by atoms with Crippen molar-refractivity contribution in [3.05, 3.63) is 18.2 Å². The number of imidazole rings is 1. The average molecular weight is 259 g/mol. The highest BCUT2D eigenvalue weighted by Crippen LogP contribution is 2.22. The van der Waals surface area contributed by atoms with Crippen LogP contribution in [0, 0.1) is 0 Å². The maximum atomic E-state index is 12.6. The summed E-state index contributed by atoms with van der Waals surface area (Å²) >= 11 is 0. The molecule has 0 radical (unpaired) electrons. The molecule has 6 heteroatoms. The van der Waals surface area contributed by atoms with Gasteiger partial charge in [-0.05, 0) is 32.7 Å². The van der Waals surface area contributed by atoms with Gasteiger partial charge in [0, 0.05) is 18.4 Å². The van der Waals surface area contributed by atoms with Crippen LogP contribution in [0.3, 0.4) is 0 Å². The monoisotopic (exact) mass is 259 g/mol. The van der Waals surface area contributed by atoms with Gasteiger partial charge in [0.15, 0.2) is 0 Å². The summed E-state index contributed by atoms with van der Waals surface area (Å²) in [5.41, 5.74) is 0. The molecule has 0 bridgehead atoms. The van der Waals surface area contributed by atoms with Crippen LogP contribution in [0.4, 0.5) is 8.78 Å². The molecule has 1 aromatic heterocycles. The van der Waals surface area contributed by atoms with Gasteiger partial charge >= 0.3 is 6.55 Å². The Morgan fingerprint density at radius 1 is 1.44 bits per heavy atom. The third-order valence-corrected chi connectivity index (χ3v) is 3.49. The number of nitrogens with one attached hydrogen (secondary N) is 1. The van der Waals surface area contributed by atoms with E-state index >= 15 is 0 Å². The lowest BCUT2D eigenvalue weighted by molar-refractivity contribution is -0.00120. The number of nitrogens with zero attached hydrogens (tertiary/aromatic N) is 2. The van der Waals surface area contributed by atoms with Crippen LogP contribution in [-0.4, -0.2) is 28.7 Å². The van der Waals surface area contributed by atoms with Crippen LogP contribution in [-0.2, 0) is 11.3 Å². The molecule has 0 spiro atoms. The molecule has 0 saturated heterocycles. The Kier molecular flexibility index (Phi) is 4.66. The van der Waals surface area contributed by atoms with E-state index in [2.05, 4.69) is 10.3 Å². The molecule has 0 atom stereocenters. The number of ether oxygens (including phenoxy) is 1. The van der Waals surface area contributed by atoms with Crippen molar-refractivity contribution in [3.63, 3.8) is 0 Å². The number of halogens is 2. The van der Waals surface area contributed by atoms with Gasteiger partial charge in [-0.2, -0.15) is 8.78 Å². The van der Waals surface area contributed by atoms with E-state index in [-0.39, 0.29) is 12.7 Å².